The van der Waals surface area contributed by atoms with Crippen LogP contribution in [0.2, 0.25) is 5.02 Å². The Morgan fingerprint density at radius 2 is 1.84 bits per heavy atom. The maximum atomic E-state index is 12.4. The maximum Gasteiger partial charge on any atom is 0.233 e. The van der Waals surface area contributed by atoms with Crippen LogP contribution in [-0.4, -0.2) is 64.7 Å². The molecule has 1 aliphatic rings. The smallest absolute Gasteiger partial charge is 0.233 e. The van der Waals surface area contributed by atoms with Crippen LogP contribution in [0.15, 0.2) is 35.5 Å². The van der Waals surface area contributed by atoms with Gasteiger partial charge in [0.1, 0.15) is 0 Å². The number of aromatic nitrogens is 2. The Bertz CT molecular complexity index is 745. The van der Waals surface area contributed by atoms with E-state index in [1.54, 1.807) is 0 Å². The van der Waals surface area contributed by atoms with Crippen LogP contribution in [0.3, 0.4) is 0 Å². The van der Waals surface area contributed by atoms with Crippen LogP contribution in [0.1, 0.15) is 5.69 Å². The minimum absolute atomic E-state index is 0.149. The number of piperazine rings is 1. The van der Waals surface area contributed by atoms with Gasteiger partial charge in [-0.1, -0.05) is 35.5 Å². The molecule has 0 bridgehead atoms. The highest BCUT2D eigenvalue weighted by Crippen LogP contribution is 2.23. The Kier molecular flexibility index (Phi) is 5.93. The molecule has 5 nitrogen and oxygen atoms in total. The zero-order chi connectivity index (χ0) is 17.8. The number of amides is 1. The standard InChI is InChI=1S/C18H21ClN4OS/c1-13-11-16(14-3-5-15(19)6-4-14)21-18(20-13)25-12-17(24)23-9-7-22(2)8-10-23/h3-6,11H,7-10,12H2,1-2H3. The highest BCUT2D eigenvalue weighted by Gasteiger charge is 2.19. The van der Waals surface area contributed by atoms with Gasteiger partial charge in [-0.2, -0.15) is 0 Å². The number of likely N-dealkylation sites (N-methyl/N-ethyl adjacent to an activating group) is 1. The molecule has 0 atom stereocenters. The lowest BCUT2D eigenvalue weighted by Crippen LogP contribution is -2.47. The number of hydrogen-bond acceptors (Lipinski definition) is 5. The van der Waals surface area contributed by atoms with Crippen molar-refractivity contribution in [1.82, 2.24) is 19.8 Å². The Hall–Kier alpha value is -1.63. The van der Waals surface area contributed by atoms with Crippen molar-refractivity contribution in [2.75, 3.05) is 39.0 Å². The fraction of sp³-hybridized carbons (Fsp3) is 0.389. The van der Waals surface area contributed by atoms with Crippen LogP contribution in [0, 0.1) is 6.92 Å². The third-order valence-electron chi connectivity index (χ3n) is 4.15. The number of thioether (sulfide) groups is 1. The number of benzene rings is 1. The molecule has 0 unspecified atom stereocenters. The summed E-state index contributed by atoms with van der Waals surface area (Å²) in [4.78, 5) is 25.6. The van der Waals surface area contributed by atoms with Crippen LogP contribution in [0.4, 0.5) is 0 Å². The summed E-state index contributed by atoms with van der Waals surface area (Å²) in [5.41, 5.74) is 2.72. The number of nitrogens with zero attached hydrogens (tertiary/aromatic N) is 4. The van der Waals surface area contributed by atoms with Gasteiger partial charge in [-0.3, -0.25) is 4.79 Å². The summed E-state index contributed by atoms with van der Waals surface area (Å²) in [6, 6.07) is 9.51. The lowest BCUT2D eigenvalue weighted by molar-refractivity contribution is -0.129. The molecule has 1 aromatic heterocycles. The molecule has 1 saturated heterocycles. The van der Waals surface area contributed by atoms with E-state index >= 15 is 0 Å². The summed E-state index contributed by atoms with van der Waals surface area (Å²) in [5, 5.41) is 1.33. The predicted octanol–water partition coefficient (Wildman–Crippen LogP) is 2.97. The average Bonchev–Trinajstić information content (AvgIpc) is 2.60. The third kappa shape index (κ3) is 4.93. The van der Waals surface area contributed by atoms with Gasteiger partial charge in [0.05, 0.1) is 11.4 Å². The van der Waals surface area contributed by atoms with E-state index in [0.717, 1.165) is 43.1 Å². The van der Waals surface area contributed by atoms with E-state index in [4.69, 9.17) is 11.6 Å². The molecule has 0 radical (unpaired) electrons. The molecular weight excluding hydrogens is 356 g/mol. The van der Waals surface area contributed by atoms with Crippen LogP contribution in [0.5, 0.6) is 0 Å². The first-order chi connectivity index (χ1) is 12.0. The average molecular weight is 377 g/mol. The fourth-order valence-corrected chi connectivity index (χ4v) is 3.58. The second-order valence-electron chi connectivity index (χ2n) is 6.16. The Balaban J connectivity index is 1.66. The van der Waals surface area contributed by atoms with Gasteiger partial charge in [0, 0.05) is 42.5 Å². The number of aryl methyl sites for hydroxylation is 1. The van der Waals surface area contributed by atoms with Crippen molar-refractivity contribution < 1.29 is 4.79 Å². The number of carbonyl (C=O) groups excluding carboxylic acids is 1. The van der Waals surface area contributed by atoms with E-state index in [1.165, 1.54) is 11.8 Å². The normalized spacial score (nSPS) is 15.4. The second kappa shape index (κ2) is 8.17. The Morgan fingerprint density at radius 3 is 2.52 bits per heavy atom. The Labute approximate surface area is 157 Å². The number of rotatable bonds is 4. The van der Waals surface area contributed by atoms with E-state index in [1.807, 2.05) is 42.2 Å². The summed E-state index contributed by atoms with van der Waals surface area (Å²) < 4.78 is 0. The molecular formula is C18H21ClN4OS. The zero-order valence-electron chi connectivity index (χ0n) is 14.4. The molecule has 1 amide bonds. The second-order valence-corrected chi connectivity index (χ2v) is 7.54. The van der Waals surface area contributed by atoms with E-state index in [2.05, 4.69) is 21.9 Å². The summed E-state index contributed by atoms with van der Waals surface area (Å²) in [5.74, 6) is 0.518. The minimum Gasteiger partial charge on any atom is -0.339 e. The van der Waals surface area contributed by atoms with Crippen molar-refractivity contribution in [3.05, 3.63) is 41.0 Å². The van der Waals surface area contributed by atoms with Crippen molar-refractivity contribution in [3.63, 3.8) is 0 Å². The minimum atomic E-state index is 0.149. The third-order valence-corrected chi connectivity index (χ3v) is 5.24. The van der Waals surface area contributed by atoms with E-state index < -0.39 is 0 Å². The maximum absolute atomic E-state index is 12.4. The van der Waals surface area contributed by atoms with Gasteiger partial charge in [-0.15, -0.1) is 0 Å². The topological polar surface area (TPSA) is 49.3 Å². The van der Waals surface area contributed by atoms with Crippen molar-refractivity contribution in [2.45, 2.75) is 12.1 Å². The number of halogens is 1. The molecule has 0 N–H and O–H groups in total. The molecule has 25 heavy (non-hydrogen) atoms. The molecule has 3 rings (SSSR count). The molecule has 1 fully saturated rings. The quantitative estimate of drug-likeness (QED) is 0.606. The first-order valence-electron chi connectivity index (χ1n) is 8.22. The Morgan fingerprint density at radius 1 is 1.16 bits per heavy atom. The van der Waals surface area contributed by atoms with E-state index in [9.17, 15) is 4.79 Å². The molecule has 0 aliphatic carbocycles. The van der Waals surface area contributed by atoms with E-state index in [-0.39, 0.29) is 5.91 Å². The van der Waals surface area contributed by atoms with Crippen molar-refractivity contribution in [1.29, 1.82) is 0 Å². The van der Waals surface area contributed by atoms with Gasteiger partial charge in [-0.05, 0) is 32.2 Å². The van der Waals surface area contributed by atoms with Gasteiger partial charge < -0.3 is 9.80 Å². The highest BCUT2D eigenvalue weighted by atomic mass is 35.5. The largest absolute Gasteiger partial charge is 0.339 e. The number of carbonyl (C=O) groups is 1. The van der Waals surface area contributed by atoms with Crippen molar-refractivity contribution in [2.24, 2.45) is 0 Å². The first kappa shape index (κ1) is 18.2. The summed E-state index contributed by atoms with van der Waals surface area (Å²) >= 11 is 7.34. The van der Waals surface area contributed by atoms with Crippen LogP contribution >= 0.6 is 23.4 Å². The lowest BCUT2D eigenvalue weighted by atomic mass is 10.1. The zero-order valence-corrected chi connectivity index (χ0v) is 16.0. The molecule has 7 heteroatoms. The van der Waals surface area contributed by atoms with Crippen molar-refractivity contribution >= 4 is 29.3 Å². The SMILES string of the molecule is Cc1cc(-c2ccc(Cl)cc2)nc(SCC(=O)N2CCN(C)CC2)n1. The fourth-order valence-electron chi connectivity index (χ4n) is 2.65. The highest BCUT2D eigenvalue weighted by molar-refractivity contribution is 7.99. The molecule has 2 aromatic rings. The molecule has 1 aromatic carbocycles. The number of hydrogen-bond donors (Lipinski definition) is 0. The van der Waals surface area contributed by atoms with Crippen LogP contribution in [-0.2, 0) is 4.79 Å². The summed E-state index contributed by atoms with van der Waals surface area (Å²) in [6.07, 6.45) is 0. The summed E-state index contributed by atoms with van der Waals surface area (Å²) in [6.45, 7) is 5.38. The van der Waals surface area contributed by atoms with Gasteiger partial charge in [0.15, 0.2) is 5.16 Å². The van der Waals surface area contributed by atoms with Crippen molar-refractivity contribution in [3.8, 4) is 11.3 Å². The van der Waals surface area contributed by atoms with Gasteiger partial charge in [0.2, 0.25) is 5.91 Å². The molecule has 132 valence electrons. The van der Waals surface area contributed by atoms with Gasteiger partial charge >= 0.3 is 0 Å². The molecule has 0 spiro atoms. The van der Waals surface area contributed by atoms with Gasteiger partial charge in [-0.25, -0.2) is 9.97 Å². The first-order valence-corrected chi connectivity index (χ1v) is 9.58. The summed E-state index contributed by atoms with van der Waals surface area (Å²) in [7, 11) is 2.08. The van der Waals surface area contributed by atoms with E-state index in [0.29, 0.717) is 15.9 Å². The molecule has 2 heterocycles. The lowest BCUT2D eigenvalue weighted by Gasteiger charge is -2.32. The van der Waals surface area contributed by atoms with Gasteiger partial charge in [0.25, 0.3) is 0 Å². The molecule has 1 aliphatic heterocycles. The van der Waals surface area contributed by atoms with Crippen LogP contribution in [0.25, 0.3) is 11.3 Å². The molecule has 0 saturated carbocycles. The monoisotopic (exact) mass is 376 g/mol. The predicted molar refractivity (Wildman–Crippen MR) is 102 cm³/mol. The van der Waals surface area contributed by atoms with Crippen LogP contribution < -0.4 is 0 Å².